The van der Waals surface area contributed by atoms with Crippen LogP contribution in [0.4, 0.5) is 8.78 Å². The lowest BCUT2D eigenvalue weighted by Gasteiger charge is -2.17. The van der Waals surface area contributed by atoms with E-state index in [1.54, 1.807) is 12.1 Å². The zero-order valence-electron chi connectivity index (χ0n) is 19.1. The first kappa shape index (κ1) is 22.8. The third-order valence-electron chi connectivity index (χ3n) is 6.64. The van der Waals surface area contributed by atoms with Crippen molar-refractivity contribution in [1.29, 1.82) is 0 Å². The average Bonchev–Trinajstić information content (AvgIpc) is 3.57. The first-order valence-corrected chi connectivity index (χ1v) is 11.1. The van der Waals surface area contributed by atoms with Crippen LogP contribution in [0.5, 0.6) is 17.2 Å². The van der Waals surface area contributed by atoms with Gasteiger partial charge in [0.2, 0.25) is 0 Å². The molecule has 0 radical (unpaired) electrons. The second-order valence-electron chi connectivity index (χ2n) is 8.88. The highest BCUT2D eigenvalue weighted by molar-refractivity contribution is 5.95. The molecule has 1 fully saturated rings. The first-order chi connectivity index (χ1) is 16.6. The van der Waals surface area contributed by atoms with Crippen molar-refractivity contribution in [2.24, 2.45) is 0 Å². The van der Waals surface area contributed by atoms with Crippen LogP contribution >= 0.6 is 0 Å². The Hall–Kier alpha value is -3.94. The molecule has 1 aliphatic carbocycles. The minimum Gasteiger partial charge on any atom is -0.496 e. The zero-order valence-corrected chi connectivity index (χ0v) is 19.1. The molecule has 8 heteroatoms. The lowest BCUT2D eigenvalue weighted by Crippen LogP contribution is -2.26. The van der Waals surface area contributed by atoms with Crippen molar-refractivity contribution in [3.05, 3.63) is 76.9 Å². The fraction of sp³-hybridized carbons (Fsp3) is 0.259. The Morgan fingerprint density at radius 2 is 1.71 bits per heavy atom. The normalized spacial score (nSPS) is 16.6. The summed E-state index contributed by atoms with van der Waals surface area (Å²) in [5.41, 5.74) is 3.31. The number of methoxy groups -OCH3 is 1. The summed E-state index contributed by atoms with van der Waals surface area (Å²) in [6.07, 6.45) is -2.28. The van der Waals surface area contributed by atoms with Gasteiger partial charge in [-0.1, -0.05) is 24.3 Å². The van der Waals surface area contributed by atoms with E-state index < -0.39 is 17.7 Å². The van der Waals surface area contributed by atoms with Gasteiger partial charge in [-0.05, 0) is 72.4 Å². The number of Topliss-reactive ketones (excluding diaryl/α,β-unsaturated/α-hetero) is 1. The fourth-order valence-corrected chi connectivity index (χ4v) is 4.57. The number of hydrogen-bond acceptors (Lipinski definition) is 5. The van der Waals surface area contributed by atoms with Crippen LogP contribution in [0.3, 0.4) is 0 Å². The SMILES string of the molecule is COc1cc(C(=O)O)ccc1-c1cc(CC(=O)C2(c3ccc4c(c3)OC(F)(F)O4)CC2)ccc1C. The van der Waals surface area contributed by atoms with Gasteiger partial charge in [0.05, 0.1) is 18.1 Å². The summed E-state index contributed by atoms with van der Waals surface area (Å²) in [6, 6.07) is 14.9. The van der Waals surface area contributed by atoms with Crippen molar-refractivity contribution in [1.82, 2.24) is 0 Å². The minimum absolute atomic E-state index is 0.00822. The quantitative estimate of drug-likeness (QED) is 0.479. The number of carboxylic acids is 1. The van der Waals surface area contributed by atoms with Gasteiger partial charge in [0.1, 0.15) is 11.5 Å². The van der Waals surface area contributed by atoms with Crippen LogP contribution in [-0.2, 0) is 16.6 Å². The summed E-state index contributed by atoms with van der Waals surface area (Å²) in [5.74, 6) is -0.750. The molecule has 2 aliphatic rings. The molecule has 3 aromatic rings. The molecular formula is C27H22F2O6. The Balaban J connectivity index is 1.42. The molecule has 0 amide bonds. The van der Waals surface area contributed by atoms with Crippen LogP contribution in [-0.4, -0.2) is 30.3 Å². The molecule has 35 heavy (non-hydrogen) atoms. The highest BCUT2D eigenvalue weighted by atomic mass is 19.3. The van der Waals surface area contributed by atoms with Gasteiger partial charge >= 0.3 is 12.3 Å². The molecule has 6 nitrogen and oxygen atoms in total. The maximum atomic E-state index is 13.4. The van der Waals surface area contributed by atoms with Crippen molar-refractivity contribution in [3.63, 3.8) is 0 Å². The fourth-order valence-electron chi connectivity index (χ4n) is 4.57. The standard InChI is InChI=1S/C27H22F2O6/c1-15-3-4-16(11-20(15)19-7-5-17(25(31)32)13-22(19)33-2)12-24(30)26(9-10-26)18-6-8-21-23(14-18)35-27(28,29)34-21/h3-8,11,13-14H,9-10,12H2,1-2H3,(H,31,32). The number of carbonyl (C=O) groups is 2. The van der Waals surface area contributed by atoms with E-state index in [1.807, 2.05) is 25.1 Å². The predicted molar refractivity (Wildman–Crippen MR) is 122 cm³/mol. The number of aromatic carboxylic acids is 1. The van der Waals surface area contributed by atoms with E-state index in [-0.39, 0.29) is 29.3 Å². The Labute approximate surface area is 200 Å². The van der Waals surface area contributed by atoms with Crippen LogP contribution in [0.1, 0.15) is 39.9 Å². The predicted octanol–water partition coefficient (Wildman–Crippen LogP) is 5.53. The maximum absolute atomic E-state index is 13.4. The van der Waals surface area contributed by atoms with E-state index in [9.17, 15) is 23.5 Å². The van der Waals surface area contributed by atoms with Crippen molar-refractivity contribution in [2.75, 3.05) is 7.11 Å². The number of hydrogen-bond donors (Lipinski definition) is 1. The van der Waals surface area contributed by atoms with E-state index in [4.69, 9.17) is 4.74 Å². The monoisotopic (exact) mass is 480 g/mol. The van der Waals surface area contributed by atoms with E-state index >= 15 is 0 Å². The number of benzene rings is 3. The Morgan fingerprint density at radius 1 is 0.971 bits per heavy atom. The van der Waals surface area contributed by atoms with Crippen molar-refractivity contribution < 1.29 is 37.7 Å². The molecule has 5 rings (SSSR count). The van der Waals surface area contributed by atoms with Crippen molar-refractivity contribution in [3.8, 4) is 28.4 Å². The van der Waals surface area contributed by atoms with Gasteiger partial charge in [0, 0.05) is 12.0 Å². The van der Waals surface area contributed by atoms with E-state index in [0.717, 1.165) is 22.3 Å². The van der Waals surface area contributed by atoms with Gasteiger partial charge in [-0.25, -0.2) is 4.79 Å². The molecule has 3 aromatic carbocycles. The second-order valence-corrected chi connectivity index (χ2v) is 8.88. The molecule has 0 unspecified atom stereocenters. The van der Waals surface area contributed by atoms with Gasteiger partial charge in [-0.2, -0.15) is 0 Å². The smallest absolute Gasteiger partial charge is 0.496 e. The number of carbonyl (C=O) groups excluding carboxylic acids is 1. The molecule has 1 saturated carbocycles. The maximum Gasteiger partial charge on any atom is 0.586 e. The Morgan fingerprint density at radius 3 is 2.40 bits per heavy atom. The molecule has 1 heterocycles. The van der Waals surface area contributed by atoms with E-state index in [0.29, 0.717) is 24.2 Å². The number of aryl methyl sites for hydroxylation is 1. The van der Waals surface area contributed by atoms with Crippen molar-refractivity contribution >= 4 is 11.8 Å². The third kappa shape index (κ3) is 4.09. The van der Waals surface area contributed by atoms with Crippen LogP contribution in [0.2, 0.25) is 0 Å². The van der Waals surface area contributed by atoms with Gasteiger partial charge in [0.15, 0.2) is 11.5 Å². The summed E-state index contributed by atoms with van der Waals surface area (Å²) < 4.78 is 41.3. The second kappa shape index (κ2) is 8.08. The number of alkyl halides is 2. The molecule has 180 valence electrons. The number of ketones is 1. The number of carboxylic acid groups (broad SMARTS) is 1. The summed E-state index contributed by atoms with van der Waals surface area (Å²) in [6.45, 7) is 1.93. The molecule has 0 atom stereocenters. The number of fused-ring (bicyclic) bond motifs is 1. The van der Waals surface area contributed by atoms with Crippen LogP contribution in [0, 0.1) is 6.92 Å². The summed E-state index contributed by atoms with van der Waals surface area (Å²) in [5, 5.41) is 9.27. The number of ether oxygens (including phenoxy) is 3. The van der Waals surface area contributed by atoms with Crippen LogP contribution < -0.4 is 14.2 Å². The summed E-state index contributed by atoms with van der Waals surface area (Å²) >= 11 is 0. The average molecular weight is 480 g/mol. The minimum atomic E-state index is -3.70. The molecule has 1 aliphatic heterocycles. The van der Waals surface area contributed by atoms with Gasteiger partial charge in [-0.3, -0.25) is 4.79 Å². The molecule has 0 spiro atoms. The van der Waals surface area contributed by atoms with Gasteiger partial charge < -0.3 is 19.3 Å². The first-order valence-electron chi connectivity index (χ1n) is 11.1. The Bertz CT molecular complexity index is 1360. The number of halogens is 2. The topological polar surface area (TPSA) is 82.1 Å². The number of rotatable bonds is 7. The van der Waals surface area contributed by atoms with Crippen molar-refractivity contribution in [2.45, 2.75) is 37.9 Å². The largest absolute Gasteiger partial charge is 0.586 e. The van der Waals surface area contributed by atoms with Gasteiger partial charge in [0.25, 0.3) is 0 Å². The Kier molecular flexibility index (Phi) is 5.27. The summed E-state index contributed by atoms with van der Waals surface area (Å²) in [4.78, 5) is 24.7. The molecular weight excluding hydrogens is 458 g/mol. The van der Waals surface area contributed by atoms with Crippen LogP contribution in [0.25, 0.3) is 11.1 Å². The summed E-state index contributed by atoms with van der Waals surface area (Å²) in [7, 11) is 1.48. The molecule has 1 N–H and O–H groups in total. The lowest BCUT2D eigenvalue weighted by atomic mass is 9.86. The molecule has 0 aromatic heterocycles. The van der Waals surface area contributed by atoms with Gasteiger partial charge in [-0.15, -0.1) is 8.78 Å². The highest BCUT2D eigenvalue weighted by Gasteiger charge is 2.52. The lowest BCUT2D eigenvalue weighted by molar-refractivity contribution is -0.286. The molecule has 0 saturated heterocycles. The molecule has 0 bridgehead atoms. The van der Waals surface area contributed by atoms with E-state index in [2.05, 4.69) is 9.47 Å². The zero-order chi connectivity index (χ0) is 25.0. The van der Waals surface area contributed by atoms with Crippen LogP contribution in [0.15, 0.2) is 54.6 Å². The third-order valence-corrected chi connectivity index (χ3v) is 6.64. The van der Waals surface area contributed by atoms with E-state index in [1.165, 1.54) is 31.4 Å². The highest BCUT2D eigenvalue weighted by Crippen LogP contribution is 2.52.